The zero-order chi connectivity index (χ0) is 12.0. The lowest BCUT2D eigenvalue weighted by Crippen LogP contribution is -2.46. The fourth-order valence-electron chi connectivity index (χ4n) is 2.27. The second-order valence-electron chi connectivity index (χ2n) is 4.94. The van der Waals surface area contributed by atoms with E-state index in [0.29, 0.717) is 12.5 Å². The number of carbonyl (C=O) groups excluding carboxylic acids is 1. The minimum Gasteiger partial charge on any atom is -0.393 e. The molecule has 0 aromatic carbocycles. The lowest BCUT2D eigenvalue weighted by molar-refractivity contribution is 0.170. The van der Waals surface area contributed by atoms with Crippen molar-refractivity contribution in [1.82, 2.24) is 10.6 Å². The third kappa shape index (κ3) is 5.35. The third-order valence-electron chi connectivity index (χ3n) is 3.01. The summed E-state index contributed by atoms with van der Waals surface area (Å²) in [7, 11) is 0. The van der Waals surface area contributed by atoms with Gasteiger partial charge < -0.3 is 15.7 Å². The highest BCUT2D eigenvalue weighted by molar-refractivity contribution is 5.74. The molecule has 0 heterocycles. The molecule has 0 bridgehead atoms. The maximum absolute atomic E-state index is 11.6. The van der Waals surface area contributed by atoms with Crippen LogP contribution in [-0.4, -0.2) is 29.3 Å². The van der Waals surface area contributed by atoms with Gasteiger partial charge in [0.25, 0.3) is 0 Å². The molecule has 1 aliphatic carbocycles. The number of aliphatic hydroxyl groups is 1. The largest absolute Gasteiger partial charge is 0.393 e. The summed E-state index contributed by atoms with van der Waals surface area (Å²) in [6.07, 6.45) is 6.14. The maximum Gasteiger partial charge on any atom is 0.315 e. The van der Waals surface area contributed by atoms with Crippen LogP contribution in [0, 0.1) is 0 Å². The highest BCUT2D eigenvalue weighted by Gasteiger charge is 2.16. The van der Waals surface area contributed by atoms with Crippen LogP contribution in [0.1, 0.15) is 52.4 Å². The van der Waals surface area contributed by atoms with Gasteiger partial charge in [-0.3, -0.25) is 0 Å². The molecule has 4 heteroatoms. The molecular formula is C12H24N2O2. The van der Waals surface area contributed by atoms with Crippen LogP contribution in [-0.2, 0) is 0 Å². The summed E-state index contributed by atoms with van der Waals surface area (Å²) in [6.45, 7) is 3.64. The first-order valence-corrected chi connectivity index (χ1v) is 6.33. The number of urea groups is 1. The first-order chi connectivity index (χ1) is 7.58. The van der Waals surface area contributed by atoms with Gasteiger partial charge in [0, 0.05) is 12.1 Å². The Bertz CT molecular complexity index is 213. The third-order valence-corrected chi connectivity index (χ3v) is 3.01. The highest BCUT2D eigenvalue weighted by Crippen LogP contribution is 2.17. The summed E-state index contributed by atoms with van der Waals surface area (Å²) < 4.78 is 0. The molecule has 0 saturated heterocycles. The van der Waals surface area contributed by atoms with Gasteiger partial charge >= 0.3 is 6.03 Å². The van der Waals surface area contributed by atoms with Gasteiger partial charge in [0.05, 0.1) is 6.10 Å². The van der Waals surface area contributed by atoms with Gasteiger partial charge in [-0.2, -0.15) is 0 Å². The molecule has 94 valence electrons. The Hall–Kier alpha value is -0.770. The lowest BCUT2D eigenvalue weighted by atomic mass is 9.96. The summed E-state index contributed by atoms with van der Waals surface area (Å²) in [5.74, 6) is 0. The van der Waals surface area contributed by atoms with E-state index in [1.165, 1.54) is 19.3 Å². The highest BCUT2D eigenvalue weighted by atomic mass is 16.3. The molecule has 0 spiro atoms. The average molecular weight is 228 g/mol. The van der Waals surface area contributed by atoms with Crippen LogP contribution in [0.5, 0.6) is 0 Å². The first-order valence-electron chi connectivity index (χ1n) is 6.33. The molecule has 2 unspecified atom stereocenters. The fraction of sp³-hybridized carbons (Fsp3) is 0.917. The molecule has 1 fully saturated rings. The molecule has 3 N–H and O–H groups in total. The van der Waals surface area contributed by atoms with Crippen LogP contribution in [0.2, 0.25) is 0 Å². The van der Waals surface area contributed by atoms with E-state index < -0.39 is 0 Å². The molecule has 0 aromatic heterocycles. The Morgan fingerprint density at radius 2 is 1.94 bits per heavy atom. The summed E-state index contributed by atoms with van der Waals surface area (Å²) in [4.78, 5) is 11.6. The Morgan fingerprint density at radius 3 is 2.50 bits per heavy atom. The van der Waals surface area contributed by atoms with E-state index in [2.05, 4.69) is 10.6 Å². The predicted octanol–water partition coefficient (Wildman–Crippen LogP) is 1.78. The minimum atomic E-state index is -0.370. The van der Waals surface area contributed by atoms with E-state index in [9.17, 15) is 9.90 Å². The monoisotopic (exact) mass is 228 g/mol. The van der Waals surface area contributed by atoms with Crippen molar-refractivity contribution in [2.75, 3.05) is 0 Å². The summed E-state index contributed by atoms with van der Waals surface area (Å²) in [5.41, 5.74) is 0. The Balaban J connectivity index is 2.18. The van der Waals surface area contributed by atoms with Gasteiger partial charge in [-0.1, -0.05) is 19.3 Å². The number of amides is 2. The van der Waals surface area contributed by atoms with Crippen LogP contribution in [0.4, 0.5) is 4.79 Å². The Morgan fingerprint density at radius 1 is 1.31 bits per heavy atom. The number of nitrogens with one attached hydrogen (secondary N) is 2. The molecule has 2 atom stereocenters. The van der Waals surface area contributed by atoms with Gasteiger partial charge in [0.15, 0.2) is 0 Å². The number of hydrogen-bond donors (Lipinski definition) is 3. The van der Waals surface area contributed by atoms with Crippen LogP contribution in [0.15, 0.2) is 0 Å². The van der Waals surface area contributed by atoms with Crippen molar-refractivity contribution >= 4 is 6.03 Å². The molecule has 0 aliphatic heterocycles. The van der Waals surface area contributed by atoms with Gasteiger partial charge in [0.1, 0.15) is 0 Å². The Labute approximate surface area is 97.8 Å². The van der Waals surface area contributed by atoms with E-state index in [4.69, 9.17) is 0 Å². The molecule has 1 rings (SSSR count). The topological polar surface area (TPSA) is 61.4 Å². The van der Waals surface area contributed by atoms with Crippen LogP contribution < -0.4 is 10.6 Å². The molecule has 1 aliphatic rings. The van der Waals surface area contributed by atoms with Crippen molar-refractivity contribution in [3.63, 3.8) is 0 Å². The maximum atomic E-state index is 11.6. The quantitative estimate of drug-likeness (QED) is 0.687. The zero-order valence-electron chi connectivity index (χ0n) is 10.3. The van der Waals surface area contributed by atoms with Crippen molar-refractivity contribution in [3.05, 3.63) is 0 Å². The predicted molar refractivity (Wildman–Crippen MR) is 64.3 cm³/mol. The SMILES string of the molecule is CC(O)CC(C)NC(=O)NC1CCCCC1. The lowest BCUT2D eigenvalue weighted by Gasteiger charge is -2.24. The van der Waals surface area contributed by atoms with Crippen LogP contribution in [0.3, 0.4) is 0 Å². The van der Waals surface area contributed by atoms with Crippen molar-refractivity contribution in [1.29, 1.82) is 0 Å². The summed E-state index contributed by atoms with van der Waals surface area (Å²) in [6, 6.07) is 0.260. The normalized spacial score (nSPS) is 21.2. The molecule has 1 saturated carbocycles. The van der Waals surface area contributed by atoms with E-state index >= 15 is 0 Å². The van der Waals surface area contributed by atoms with E-state index in [0.717, 1.165) is 12.8 Å². The van der Waals surface area contributed by atoms with Gasteiger partial charge in [-0.25, -0.2) is 4.79 Å². The zero-order valence-corrected chi connectivity index (χ0v) is 10.3. The number of hydrogen-bond acceptors (Lipinski definition) is 2. The number of aliphatic hydroxyl groups excluding tert-OH is 1. The van der Waals surface area contributed by atoms with Crippen LogP contribution >= 0.6 is 0 Å². The van der Waals surface area contributed by atoms with E-state index in [1.54, 1.807) is 6.92 Å². The number of carbonyl (C=O) groups is 1. The van der Waals surface area contributed by atoms with Crippen LogP contribution in [0.25, 0.3) is 0 Å². The van der Waals surface area contributed by atoms with Crippen molar-refractivity contribution in [2.45, 2.75) is 70.6 Å². The standard InChI is InChI=1S/C12H24N2O2/c1-9(8-10(2)15)13-12(16)14-11-6-4-3-5-7-11/h9-11,15H,3-8H2,1-2H3,(H2,13,14,16). The molecule has 4 nitrogen and oxygen atoms in total. The van der Waals surface area contributed by atoms with Crippen molar-refractivity contribution in [2.24, 2.45) is 0 Å². The van der Waals surface area contributed by atoms with Gasteiger partial charge in [0.2, 0.25) is 0 Å². The molecule has 16 heavy (non-hydrogen) atoms. The average Bonchev–Trinajstić information content (AvgIpc) is 2.17. The molecule has 2 amide bonds. The first kappa shape index (κ1) is 13.3. The second kappa shape index (κ2) is 6.74. The molecule has 0 aromatic rings. The van der Waals surface area contributed by atoms with Crippen molar-refractivity contribution < 1.29 is 9.90 Å². The summed E-state index contributed by atoms with van der Waals surface area (Å²) in [5, 5.41) is 15.0. The van der Waals surface area contributed by atoms with E-state index in [-0.39, 0.29) is 18.2 Å². The Kier molecular flexibility index (Phi) is 5.60. The fourth-order valence-corrected chi connectivity index (χ4v) is 2.27. The van der Waals surface area contributed by atoms with Gasteiger partial charge in [-0.05, 0) is 33.1 Å². The second-order valence-corrected chi connectivity index (χ2v) is 4.94. The number of rotatable bonds is 4. The smallest absolute Gasteiger partial charge is 0.315 e. The molecular weight excluding hydrogens is 204 g/mol. The van der Waals surface area contributed by atoms with Crippen molar-refractivity contribution in [3.8, 4) is 0 Å². The van der Waals surface area contributed by atoms with Gasteiger partial charge in [-0.15, -0.1) is 0 Å². The minimum absolute atomic E-state index is 0.0172. The van der Waals surface area contributed by atoms with E-state index in [1.807, 2.05) is 6.92 Å². The summed E-state index contributed by atoms with van der Waals surface area (Å²) >= 11 is 0. The molecule has 0 radical (unpaired) electrons.